The molecule has 1 aromatic heterocycles. The first kappa shape index (κ1) is 15.1. The van der Waals surface area contributed by atoms with Crippen LogP contribution in [0.5, 0.6) is 0 Å². The van der Waals surface area contributed by atoms with E-state index in [9.17, 15) is 8.78 Å². The highest BCUT2D eigenvalue weighted by atomic mass is 19.1. The van der Waals surface area contributed by atoms with Crippen molar-refractivity contribution in [3.05, 3.63) is 59.7 Å². The van der Waals surface area contributed by atoms with E-state index in [1.54, 1.807) is 18.2 Å². The van der Waals surface area contributed by atoms with Crippen molar-refractivity contribution in [1.29, 1.82) is 0 Å². The Kier molecular flexibility index (Phi) is 3.42. The Morgan fingerprint density at radius 3 is 2.24 bits per heavy atom. The van der Waals surface area contributed by atoms with E-state index in [1.807, 2.05) is 6.07 Å². The third kappa shape index (κ3) is 2.56. The Morgan fingerprint density at radius 2 is 1.52 bits per heavy atom. The molecule has 2 aliphatic heterocycles. The third-order valence-corrected chi connectivity index (χ3v) is 5.82. The van der Waals surface area contributed by atoms with Crippen LogP contribution in [0.1, 0.15) is 37.2 Å². The maximum atomic E-state index is 13.7. The molecule has 2 N–H and O–H groups in total. The van der Waals surface area contributed by atoms with Crippen molar-refractivity contribution in [2.45, 2.75) is 43.7 Å². The average molecular weight is 338 g/mol. The minimum absolute atomic E-state index is 0.240. The van der Waals surface area contributed by atoms with Crippen molar-refractivity contribution in [3.8, 4) is 11.3 Å². The van der Waals surface area contributed by atoms with Crippen molar-refractivity contribution in [3.63, 3.8) is 0 Å². The molecule has 3 aromatic rings. The second-order valence-electron chi connectivity index (χ2n) is 7.42. The first-order chi connectivity index (χ1) is 12.2. The minimum Gasteiger partial charge on any atom is -0.354 e. The molecule has 2 aromatic carbocycles. The van der Waals surface area contributed by atoms with E-state index in [0.29, 0.717) is 18.0 Å². The maximum Gasteiger partial charge on any atom is 0.125 e. The van der Waals surface area contributed by atoms with Gasteiger partial charge in [-0.3, -0.25) is 0 Å². The van der Waals surface area contributed by atoms with Crippen LogP contribution in [0.15, 0.2) is 42.5 Å². The normalized spacial score (nSPS) is 25.6. The first-order valence-corrected chi connectivity index (χ1v) is 9.00. The van der Waals surface area contributed by atoms with Crippen molar-refractivity contribution >= 4 is 10.9 Å². The van der Waals surface area contributed by atoms with E-state index in [1.165, 1.54) is 36.6 Å². The lowest BCUT2D eigenvalue weighted by molar-refractivity contribution is 0.365. The first-order valence-electron chi connectivity index (χ1n) is 9.00. The van der Waals surface area contributed by atoms with Crippen LogP contribution in [0, 0.1) is 11.6 Å². The molecular weight excluding hydrogens is 318 g/mol. The SMILES string of the molecule is Fc1ccc(-c2[nH]c3cc(F)ccc3c2C2CC3CCC(C2)N3)cc1. The molecule has 2 unspecified atom stereocenters. The quantitative estimate of drug-likeness (QED) is 0.667. The van der Waals surface area contributed by atoms with E-state index >= 15 is 0 Å². The van der Waals surface area contributed by atoms with Crippen LogP contribution in [0.25, 0.3) is 22.2 Å². The molecule has 5 rings (SSSR count). The van der Waals surface area contributed by atoms with E-state index in [-0.39, 0.29) is 11.6 Å². The fourth-order valence-electron chi connectivity index (χ4n) is 4.75. The Hall–Kier alpha value is -2.20. The molecule has 0 radical (unpaired) electrons. The standard InChI is InChI=1S/C21H20F2N2/c22-14-3-1-12(2-4-14)21-20(13-9-16-6-7-17(10-13)24-16)18-8-5-15(23)11-19(18)25-21/h1-5,8,11,13,16-17,24-25H,6-7,9-10H2. The van der Waals surface area contributed by atoms with Gasteiger partial charge in [0.1, 0.15) is 11.6 Å². The van der Waals surface area contributed by atoms with Gasteiger partial charge in [0.05, 0.1) is 0 Å². The number of hydrogen-bond acceptors (Lipinski definition) is 1. The molecule has 128 valence electrons. The summed E-state index contributed by atoms with van der Waals surface area (Å²) in [6.45, 7) is 0. The number of nitrogens with one attached hydrogen (secondary N) is 2. The summed E-state index contributed by atoms with van der Waals surface area (Å²) in [6, 6.07) is 12.7. The van der Waals surface area contributed by atoms with Crippen molar-refractivity contribution in [2.24, 2.45) is 0 Å². The predicted octanol–water partition coefficient (Wildman–Crippen LogP) is 5.11. The van der Waals surface area contributed by atoms with Crippen LogP contribution >= 0.6 is 0 Å². The molecule has 2 fully saturated rings. The predicted molar refractivity (Wildman–Crippen MR) is 95.6 cm³/mol. The van der Waals surface area contributed by atoms with Gasteiger partial charge in [-0.05, 0) is 85.2 Å². The van der Waals surface area contributed by atoms with Gasteiger partial charge in [0.25, 0.3) is 0 Å². The van der Waals surface area contributed by atoms with Crippen molar-refractivity contribution in [2.75, 3.05) is 0 Å². The van der Waals surface area contributed by atoms with Crippen LogP contribution < -0.4 is 5.32 Å². The second kappa shape index (κ2) is 5.67. The van der Waals surface area contributed by atoms with Crippen LogP contribution in [-0.2, 0) is 0 Å². The molecule has 2 saturated heterocycles. The maximum absolute atomic E-state index is 13.7. The van der Waals surface area contributed by atoms with Crippen LogP contribution in [0.4, 0.5) is 8.78 Å². The zero-order chi connectivity index (χ0) is 17.0. The van der Waals surface area contributed by atoms with Crippen molar-refractivity contribution in [1.82, 2.24) is 10.3 Å². The number of rotatable bonds is 2. The van der Waals surface area contributed by atoms with Gasteiger partial charge >= 0.3 is 0 Å². The van der Waals surface area contributed by atoms with Gasteiger partial charge in [0.2, 0.25) is 0 Å². The summed E-state index contributed by atoms with van der Waals surface area (Å²) in [6.07, 6.45) is 4.69. The Labute approximate surface area is 145 Å². The largest absolute Gasteiger partial charge is 0.354 e. The molecule has 2 aliphatic rings. The highest BCUT2D eigenvalue weighted by molar-refractivity contribution is 5.91. The van der Waals surface area contributed by atoms with Crippen molar-refractivity contribution < 1.29 is 8.78 Å². The second-order valence-corrected chi connectivity index (χ2v) is 7.42. The molecule has 4 heteroatoms. The molecular formula is C21H20F2N2. The number of hydrogen-bond donors (Lipinski definition) is 2. The van der Waals surface area contributed by atoms with E-state index in [4.69, 9.17) is 0 Å². The van der Waals surface area contributed by atoms with E-state index in [0.717, 1.165) is 35.0 Å². The summed E-state index contributed by atoms with van der Waals surface area (Å²) < 4.78 is 27.1. The fraction of sp³-hybridized carbons (Fsp3) is 0.333. The smallest absolute Gasteiger partial charge is 0.125 e. The number of halogens is 2. The lowest BCUT2D eigenvalue weighted by atomic mass is 9.83. The molecule has 25 heavy (non-hydrogen) atoms. The summed E-state index contributed by atoms with van der Waals surface area (Å²) in [4.78, 5) is 3.41. The highest BCUT2D eigenvalue weighted by Gasteiger charge is 2.36. The van der Waals surface area contributed by atoms with E-state index < -0.39 is 0 Å². The molecule has 0 amide bonds. The summed E-state index contributed by atoms with van der Waals surface area (Å²) >= 11 is 0. The minimum atomic E-state index is -0.243. The summed E-state index contributed by atoms with van der Waals surface area (Å²) in [5, 5.41) is 4.78. The lowest BCUT2D eigenvalue weighted by Crippen LogP contribution is -2.37. The summed E-state index contributed by atoms with van der Waals surface area (Å²) in [5.74, 6) is -0.0401. The lowest BCUT2D eigenvalue weighted by Gasteiger charge is -2.30. The third-order valence-electron chi connectivity index (χ3n) is 5.82. The van der Waals surface area contributed by atoms with Crippen LogP contribution in [0.3, 0.4) is 0 Å². The molecule has 0 aliphatic carbocycles. The zero-order valence-electron chi connectivity index (χ0n) is 13.9. The molecule has 2 bridgehead atoms. The van der Waals surface area contributed by atoms with Gasteiger partial charge in [-0.2, -0.15) is 0 Å². The van der Waals surface area contributed by atoms with Crippen LogP contribution in [0.2, 0.25) is 0 Å². The van der Waals surface area contributed by atoms with Gasteiger partial charge in [0.15, 0.2) is 0 Å². The number of benzene rings is 2. The topological polar surface area (TPSA) is 27.8 Å². The van der Waals surface area contributed by atoms with Gasteiger partial charge in [-0.15, -0.1) is 0 Å². The Bertz CT molecular complexity index is 917. The zero-order valence-corrected chi connectivity index (χ0v) is 13.9. The molecule has 2 atom stereocenters. The Balaban J connectivity index is 1.69. The molecule has 0 saturated carbocycles. The molecule has 3 heterocycles. The monoisotopic (exact) mass is 338 g/mol. The van der Waals surface area contributed by atoms with Gasteiger partial charge in [0, 0.05) is 28.7 Å². The highest BCUT2D eigenvalue weighted by Crippen LogP contribution is 2.44. The number of fused-ring (bicyclic) bond motifs is 3. The number of aromatic nitrogens is 1. The average Bonchev–Trinajstić information content (AvgIpc) is 3.14. The fourth-order valence-corrected chi connectivity index (χ4v) is 4.75. The Morgan fingerprint density at radius 1 is 0.840 bits per heavy atom. The summed E-state index contributed by atoms with van der Waals surface area (Å²) in [5.41, 5.74) is 4.05. The molecule has 2 nitrogen and oxygen atoms in total. The van der Waals surface area contributed by atoms with Gasteiger partial charge in [-0.1, -0.05) is 0 Å². The van der Waals surface area contributed by atoms with E-state index in [2.05, 4.69) is 10.3 Å². The van der Waals surface area contributed by atoms with Gasteiger partial charge in [-0.25, -0.2) is 8.78 Å². The number of piperidine rings is 1. The molecule has 0 spiro atoms. The van der Waals surface area contributed by atoms with Gasteiger partial charge < -0.3 is 10.3 Å². The summed E-state index contributed by atoms with van der Waals surface area (Å²) in [7, 11) is 0. The van der Waals surface area contributed by atoms with Crippen LogP contribution in [-0.4, -0.2) is 17.1 Å². The number of H-pyrrole nitrogens is 1. The number of aromatic amines is 1.